The highest BCUT2D eigenvalue weighted by Crippen LogP contribution is 2.35. The normalized spacial score (nSPS) is 11.1. The predicted molar refractivity (Wildman–Crippen MR) is 121 cm³/mol. The molecule has 2 aromatic heterocycles. The average molecular weight is 459 g/mol. The van der Waals surface area contributed by atoms with Gasteiger partial charge in [-0.1, -0.05) is 30.3 Å². The van der Waals surface area contributed by atoms with E-state index in [4.69, 9.17) is 0 Å². The Kier molecular flexibility index (Phi) is 6.07. The number of rotatable bonds is 7. The molecule has 7 nitrogen and oxygen atoms in total. The molecule has 10 heteroatoms. The number of thiol groups is 1. The Hall–Kier alpha value is -2.82. The van der Waals surface area contributed by atoms with Crippen molar-refractivity contribution >= 4 is 60.3 Å². The highest BCUT2D eigenvalue weighted by molar-refractivity contribution is 7.72. The summed E-state index contributed by atoms with van der Waals surface area (Å²) in [6.07, 6.45) is 0. The van der Waals surface area contributed by atoms with Crippen LogP contribution in [0.15, 0.2) is 54.0 Å². The molecule has 0 fully saturated rings. The topological polar surface area (TPSA) is 92.3 Å². The molecule has 0 saturated heterocycles. The third-order valence-corrected chi connectivity index (χ3v) is 6.61. The molecule has 0 spiro atoms. The van der Waals surface area contributed by atoms with E-state index in [0.29, 0.717) is 11.7 Å². The summed E-state index contributed by atoms with van der Waals surface area (Å²) >= 11 is 2.96. The molecular formula is C20H18N4O3S3. The van der Waals surface area contributed by atoms with Crippen molar-refractivity contribution in [1.82, 2.24) is 15.3 Å². The smallest absolute Gasteiger partial charge is 0.271 e. The average Bonchev–Trinajstić information content (AvgIpc) is 3.37. The van der Waals surface area contributed by atoms with Gasteiger partial charge in [-0.05, 0) is 30.7 Å². The number of benzene rings is 2. The molecule has 0 aliphatic rings. The summed E-state index contributed by atoms with van der Waals surface area (Å²) in [5.74, 6) is -0.900. The van der Waals surface area contributed by atoms with Crippen molar-refractivity contribution in [3.05, 3.63) is 70.2 Å². The first-order valence-electron chi connectivity index (χ1n) is 9.03. The number of aromatic nitrogens is 2. The van der Waals surface area contributed by atoms with Gasteiger partial charge in [0, 0.05) is 10.6 Å². The van der Waals surface area contributed by atoms with E-state index >= 15 is 0 Å². The number of amides is 1. The van der Waals surface area contributed by atoms with E-state index in [0.717, 1.165) is 26.3 Å². The second kappa shape index (κ2) is 8.90. The highest BCUT2D eigenvalue weighted by Gasteiger charge is 2.21. The van der Waals surface area contributed by atoms with Crippen LogP contribution >= 0.6 is 22.7 Å². The summed E-state index contributed by atoms with van der Waals surface area (Å²) in [6, 6.07) is 16.0. The van der Waals surface area contributed by atoms with Gasteiger partial charge < -0.3 is 10.2 Å². The maximum atomic E-state index is 12.4. The van der Waals surface area contributed by atoms with E-state index in [1.165, 1.54) is 11.3 Å². The first kappa shape index (κ1) is 20.5. The number of aryl methyl sites for hydroxylation is 1. The van der Waals surface area contributed by atoms with Crippen LogP contribution in [0.1, 0.15) is 20.9 Å². The molecule has 4 aromatic rings. The second-order valence-corrected chi connectivity index (χ2v) is 9.52. The fourth-order valence-electron chi connectivity index (χ4n) is 2.98. The van der Waals surface area contributed by atoms with E-state index in [-0.39, 0.29) is 5.69 Å². The van der Waals surface area contributed by atoms with Crippen LogP contribution < -0.4 is 10.2 Å². The van der Waals surface area contributed by atoms with Crippen molar-refractivity contribution in [3.63, 3.8) is 0 Å². The summed E-state index contributed by atoms with van der Waals surface area (Å²) in [5.41, 5.74) is 5.03. The van der Waals surface area contributed by atoms with Gasteiger partial charge in [-0.25, -0.2) is 18.4 Å². The Balaban J connectivity index is 1.72. The minimum Gasteiger partial charge on any atom is -0.337 e. The van der Waals surface area contributed by atoms with Crippen molar-refractivity contribution in [1.29, 1.82) is 0 Å². The molecule has 0 aliphatic carbocycles. The fourth-order valence-corrected chi connectivity index (χ4v) is 4.88. The number of hydrogen-bond donors (Lipinski definition) is 2. The Morgan fingerprint density at radius 1 is 1.17 bits per heavy atom. The minimum atomic E-state index is -2.69. The van der Waals surface area contributed by atoms with Crippen LogP contribution in [0, 0.1) is 6.92 Å². The van der Waals surface area contributed by atoms with Gasteiger partial charge in [-0.3, -0.25) is 4.79 Å². The van der Waals surface area contributed by atoms with Gasteiger partial charge in [-0.15, -0.1) is 22.7 Å². The Labute approximate surface area is 183 Å². The molecule has 1 amide bonds. The summed E-state index contributed by atoms with van der Waals surface area (Å²) in [7, 11) is -2.69. The predicted octanol–water partition coefficient (Wildman–Crippen LogP) is 3.70. The van der Waals surface area contributed by atoms with Crippen LogP contribution in [0.5, 0.6) is 0 Å². The van der Waals surface area contributed by atoms with Crippen LogP contribution in [0.25, 0.3) is 10.2 Å². The standard InChI is InChI=1S/C20H18N4O3S3/c1-13-18(19(25)22-12-30(26)27)23-20(29-13)24(10-14-5-3-2-4-6-14)15-7-8-16-17(9-15)28-11-21-16/h2-9,11,30H,10,12H2,1H3,(H,22,25). The van der Waals surface area contributed by atoms with Gasteiger partial charge in [0.15, 0.2) is 15.8 Å². The summed E-state index contributed by atoms with van der Waals surface area (Å²) in [6.45, 7) is 2.38. The lowest BCUT2D eigenvalue weighted by Crippen LogP contribution is -2.26. The number of thiazole rings is 2. The molecule has 30 heavy (non-hydrogen) atoms. The van der Waals surface area contributed by atoms with Crippen LogP contribution in [-0.2, 0) is 17.2 Å². The molecule has 0 saturated carbocycles. The molecule has 1 N–H and O–H groups in total. The van der Waals surface area contributed by atoms with Crippen molar-refractivity contribution in [2.45, 2.75) is 13.5 Å². The third-order valence-electron chi connectivity index (χ3n) is 4.41. The highest BCUT2D eigenvalue weighted by atomic mass is 32.2. The molecule has 0 aliphatic heterocycles. The first-order chi connectivity index (χ1) is 14.5. The van der Waals surface area contributed by atoms with E-state index < -0.39 is 22.5 Å². The number of anilines is 2. The van der Waals surface area contributed by atoms with Crippen molar-refractivity contribution < 1.29 is 13.2 Å². The Morgan fingerprint density at radius 2 is 1.97 bits per heavy atom. The molecule has 2 aromatic carbocycles. The molecule has 4 rings (SSSR count). The molecule has 0 atom stereocenters. The van der Waals surface area contributed by atoms with Gasteiger partial charge >= 0.3 is 0 Å². The minimum absolute atomic E-state index is 0.240. The number of nitrogens with zero attached hydrogens (tertiary/aromatic N) is 3. The number of carbonyl (C=O) groups is 1. The van der Waals surface area contributed by atoms with E-state index in [9.17, 15) is 13.2 Å². The Bertz CT molecular complexity index is 1260. The lowest BCUT2D eigenvalue weighted by molar-refractivity contribution is 0.0955. The number of fused-ring (bicyclic) bond motifs is 1. The summed E-state index contributed by atoms with van der Waals surface area (Å²) in [4.78, 5) is 24.0. The van der Waals surface area contributed by atoms with E-state index in [2.05, 4.69) is 26.3 Å². The molecular weight excluding hydrogens is 440 g/mol. The van der Waals surface area contributed by atoms with E-state index in [1.54, 1.807) is 18.3 Å². The summed E-state index contributed by atoms with van der Waals surface area (Å²) in [5, 5.41) is 3.05. The van der Waals surface area contributed by atoms with Crippen LogP contribution in [-0.4, -0.2) is 30.2 Å². The number of nitrogens with one attached hydrogen (secondary N) is 1. The monoisotopic (exact) mass is 458 g/mol. The zero-order chi connectivity index (χ0) is 21.1. The molecule has 2 heterocycles. The van der Waals surface area contributed by atoms with Gasteiger partial charge in [0.05, 0.1) is 22.3 Å². The summed E-state index contributed by atoms with van der Waals surface area (Å²) < 4.78 is 22.7. The van der Waals surface area contributed by atoms with E-state index in [1.807, 2.05) is 48.0 Å². The van der Waals surface area contributed by atoms with Gasteiger partial charge in [-0.2, -0.15) is 0 Å². The van der Waals surface area contributed by atoms with Crippen molar-refractivity contribution in [2.75, 3.05) is 10.8 Å². The molecule has 0 radical (unpaired) electrons. The largest absolute Gasteiger partial charge is 0.337 e. The van der Waals surface area contributed by atoms with Gasteiger partial charge in [0.2, 0.25) is 0 Å². The zero-order valence-corrected chi connectivity index (χ0v) is 18.5. The van der Waals surface area contributed by atoms with Crippen LogP contribution in [0.4, 0.5) is 10.8 Å². The third kappa shape index (κ3) is 4.50. The van der Waals surface area contributed by atoms with Gasteiger partial charge in [0.1, 0.15) is 11.6 Å². The zero-order valence-electron chi connectivity index (χ0n) is 15.9. The molecule has 154 valence electrons. The van der Waals surface area contributed by atoms with Crippen LogP contribution in [0.3, 0.4) is 0 Å². The Morgan fingerprint density at radius 3 is 2.73 bits per heavy atom. The maximum Gasteiger partial charge on any atom is 0.271 e. The molecule has 0 bridgehead atoms. The fraction of sp³-hybridized carbons (Fsp3) is 0.150. The lowest BCUT2D eigenvalue weighted by Gasteiger charge is -2.22. The number of carbonyl (C=O) groups excluding carboxylic acids is 1. The SMILES string of the molecule is Cc1sc(N(Cc2ccccc2)c2ccc3ncsc3c2)nc1C(=O)NC[SH](=O)=O. The first-order valence-corrected chi connectivity index (χ1v) is 12.1. The van der Waals surface area contributed by atoms with Gasteiger partial charge in [0.25, 0.3) is 5.91 Å². The maximum absolute atomic E-state index is 12.4. The lowest BCUT2D eigenvalue weighted by atomic mass is 10.2. The quantitative estimate of drug-likeness (QED) is 0.410. The van der Waals surface area contributed by atoms with Crippen molar-refractivity contribution in [2.24, 2.45) is 0 Å². The number of hydrogen-bond acceptors (Lipinski definition) is 8. The van der Waals surface area contributed by atoms with Crippen LogP contribution in [0.2, 0.25) is 0 Å². The molecule has 0 unspecified atom stereocenters. The second-order valence-electron chi connectivity index (χ2n) is 6.47. The van der Waals surface area contributed by atoms with Crippen molar-refractivity contribution in [3.8, 4) is 0 Å².